The SMILES string of the molecule is CCN(CC)CCCN(CC)CC(O)CNC1CC1. The second-order valence-corrected chi connectivity index (χ2v) is 5.61. The van der Waals surface area contributed by atoms with E-state index in [9.17, 15) is 5.11 Å². The van der Waals surface area contributed by atoms with Crippen molar-refractivity contribution in [1.29, 1.82) is 0 Å². The number of aliphatic hydroxyl groups is 1. The summed E-state index contributed by atoms with van der Waals surface area (Å²) < 4.78 is 0. The van der Waals surface area contributed by atoms with Gasteiger partial charge in [0.05, 0.1) is 6.10 Å². The van der Waals surface area contributed by atoms with Gasteiger partial charge in [0.1, 0.15) is 0 Å². The van der Waals surface area contributed by atoms with Crippen molar-refractivity contribution in [2.24, 2.45) is 0 Å². The van der Waals surface area contributed by atoms with Gasteiger partial charge in [0.15, 0.2) is 0 Å². The Kier molecular flexibility index (Phi) is 8.62. The molecule has 2 N–H and O–H groups in total. The van der Waals surface area contributed by atoms with E-state index >= 15 is 0 Å². The lowest BCUT2D eigenvalue weighted by Crippen LogP contribution is -2.40. The zero-order chi connectivity index (χ0) is 14.1. The molecule has 0 radical (unpaired) electrons. The Morgan fingerprint density at radius 2 is 1.63 bits per heavy atom. The Morgan fingerprint density at radius 1 is 1.05 bits per heavy atom. The van der Waals surface area contributed by atoms with E-state index < -0.39 is 0 Å². The van der Waals surface area contributed by atoms with Crippen LogP contribution in [-0.4, -0.2) is 72.9 Å². The zero-order valence-corrected chi connectivity index (χ0v) is 13.1. The van der Waals surface area contributed by atoms with Gasteiger partial charge >= 0.3 is 0 Å². The minimum absolute atomic E-state index is 0.228. The average molecular weight is 271 g/mol. The summed E-state index contributed by atoms with van der Waals surface area (Å²) in [7, 11) is 0. The van der Waals surface area contributed by atoms with Crippen LogP contribution in [0.4, 0.5) is 0 Å². The zero-order valence-electron chi connectivity index (χ0n) is 13.1. The molecule has 1 rings (SSSR count). The summed E-state index contributed by atoms with van der Waals surface area (Å²) in [5.74, 6) is 0. The third-order valence-corrected chi connectivity index (χ3v) is 3.98. The normalized spacial score (nSPS) is 17.4. The van der Waals surface area contributed by atoms with Gasteiger partial charge in [-0.1, -0.05) is 20.8 Å². The molecule has 114 valence electrons. The first-order chi connectivity index (χ1) is 9.19. The van der Waals surface area contributed by atoms with E-state index in [1.807, 2.05) is 0 Å². The molecule has 1 aliphatic carbocycles. The van der Waals surface area contributed by atoms with Gasteiger partial charge in [-0.15, -0.1) is 0 Å². The van der Waals surface area contributed by atoms with Gasteiger partial charge in [-0.05, 0) is 52.0 Å². The lowest BCUT2D eigenvalue weighted by molar-refractivity contribution is 0.111. The van der Waals surface area contributed by atoms with Crippen LogP contribution in [0.5, 0.6) is 0 Å². The maximum atomic E-state index is 10.0. The maximum Gasteiger partial charge on any atom is 0.0791 e. The van der Waals surface area contributed by atoms with Gasteiger partial charge in [-0.3, -0.25) is 0 Å². The first-order valence-corrected chi connectivity index (χ1v) is 8.05. The highest BCUT2D eigenvalue weighted by molar-refractivity contribution is 4.82. The molecule has 1 saturated carbocycles. The Morgan fingerprint density at radius 3 is 2.16 bits per heavy atom. The number of rotatable bonds is 12. The van der Waals surface area contributed by atoms with Crippen molar-refractivity contribution in [3.8, 4) is 0 Å². The summed E-state index contributed by atoms with van der Waals surface area (Å²) in [5.41, 5.74) is 0. The number of aliphatic hydroxyl groups excluding tert-OH is 1. The topological polar surface area (TPSA) is 38.7 Å². The van der Waals surface area contributed by atoms with E-state index in [0.717, 1.165) is 39.3 Å². The number of nitrogens with zero attached hydrogens (tertiary/aromatic N) is 2. The molecular weight excluding hydrogens is 238 g/mol. The molecule has 0 aromatic rings. The summed E-state index contributed by atoms with van der Waals surface area (Å²) in [5, 5.41) is 13.4. The lowest BCUT2D eigenvalue weighted by atomic mass is 10.2. The second-order valence-electron chi connectivity index (χ2n) is 5.61. The standard InChI is InChI=1S/C15H33N3O/c1-4-17(5-2)10-7-11-18(6-3)13-15(19)12-16-14-8-9-14/h14-16,19H,4-13H2,1-3H3. The summed E-state index contributed by atoms with van der Waals surface area (Å²) >= 11 is 0. The molecule has 0 aromatic carbocycles. The Bertz CT molecular complexity index is 217. The quantitative estimate of drug-likeness (QED) is 0.558. The van der Waals surface area contributed by atoms with E-state index in [1.54, 1.807) is 0 Å². The summed E-state index contributed by atoms with van der Waals surface area (Å²) in [6, 6.07) is 0.687. The van der Waals surface area contributed by atoms with Crippen LogP contribution in [0.3, 0.4) is 0 Å². The first kappa shape index (κ1) is 16.9. The van der Waals surface area contributed by atoms with Crippen LogP contribution in [-0.2, 0) is 0 Å². The Balaban J connectivity index is 2.09. The number of likely N-dealkylation sites (N-methyl/N-ethyl adjacent to an activating group) is 1. The molecule has 0 saturated heterocycles. The molecule has 1 fully saturated rings. The van der Waals surface area contributed by atoms with E-state index in [-0.39, 0.29) is 6.10 Å². The van der Waals surface area contributed by atoms with E-state index in [0.29, 0.717) is 6.04 Å². The van der Waals surface area contributed by atoms with Crippen molar-refractivity contribution >= 4 is 0 Å². The number of nitrogens with one attached hydrogen (secondary N) is 1. The van der Waals surface area contributed by atoms with Crippen LogP contribution in [0, 0.1) is 0 Å². The van der Waals surface area contributed by atoms with Gasteiger partial charge in [0.25, 0.3) is 0 Å². The highest BCUT2D eigenvalue weighted by atomic mass is 16.3. The van der Waals surface area contributed by atoms with Crippen LogP contribution in [0.25, 0.3) is 0 Å². The third kappa shape index (κ3) is 7.88. The lowest BCUT2D eigenvalue weighted by Gasteiger charge is -2.25. The number of hydrogen-bond donors (Lipinski definition) is 2. The largest absolute Gasteiger partial charge is 0.390 e. The molecule has 0 spiro atoms. The van der Waals surface area contributed by atoms with Crippen molar-refractivity contribution in [3.05, 3.63) is 0 Å². The fourth-order valence-electron chi connectivity index (χ4n) is 2.39. The fourth-order valence-corrected chi connectivity index (χ4v) is 2.39. The van der Waals surface area contributed by atoms with Crippen LogP contribution in [0.2, 0.25) is 0 Å². The third-order valence-electron chi connectivity index (χ3n) is 3.98. The molecule has 0 aromatic heterocycles. The van der Waals surface area contributed by atoms with Gasteiger partial charge in [0.2, 0.25) is 0 Å². The summed E-state index contributed by atoms with van der Waals surface area (Å²) in [6.45, 7) is 13.7. The van der Waals surface area contributed by atoms with E-state index in [2.05, 4.69) is 35.9 Å². The first-order valence-electron chi connectivity index (χ1n) is 8.05. The molecule has 1 atom stereocenters. The minimum Gasteiger partial charge on any atom is -0.390 e. The maximum absolute atomic E-state index is 10.0. The Hall–Kier alpha value is -0.160. The molecule has 1 aliphatic rings. The molecule has 4 nitrogen and oxygen atoms in total. The van der Waals surface area contributed by atoms with Gasteiger partial charge in [-0.2, -0.15) is 0 Å². The molecule has 0 amide bonds. The fraction of sp³-hybridized carbons (Fsp3) is 1.00. The van der Waals surface area contributed by atoms with Gasteiger partial charge < -0.3 is 20.2 Å². The minimum atomic E-state index is -0.228. The van der Waals surface area contributed by atoms with Gasteiger partial charge in [-0.25, -0.2) is 0 Å². The highest BCUT2D eigenvalue weighted by Crippen LogP contribution is 2.18. The molecular formula is C15H33N3O. The van der Waals surface area contributed by atoms with Crippen LogP contribution < -0.4 is 5.32 Å². The van der Waals surface area contributed by atoms with E-state index in [4.69, 9.17) is 0 Å². The van der Waals surface area contributed by atoms with Crippen molar-refractivity contribution < 1.29 is 5.11 Å². The Labute approximate surface area is 119 Å². The van der Waals surface area contributed by atoms with Crippen molar-refractivity contribution in [2.75, 3.05) is 45.8 Å². The van der Waals surface area contributed by atoms with Crippen LogP contribution in [0.15, 0.2) is 0 Å². The van der Waals surface area contributed by atoms with Crippen molar-refractivity contribution in [3.63, 3.8) is 0 Å². The summed E-state index contributed by atoms with van der Waals surface area (Å²) in [4.78, 5) is 4.82. The smallest absolute Gasteiger partial charge is 0.0791 e. The van der Waals surface area contributed by atoms with Gasteiger partial charge in [0, 0.05) is 19.1 Å². The van der Waals surface area contributed by atoms with E-state index in [1.165, 1.54) is 25.8 Å². The summed E-state index contributed by atoms with van der Waals surface area (Å²) in [6.07, 6.45) is 3.54. The molecule has 0 heterocycles. The predicted molar refractivity (Wildman–Crippen MR) is 81.6 cm³/mol. The predicted octanol–water partition coefficient (Wildman–Crippen LogP) is 1.15. The highest BCUT2D eigenvalue weighted by Gasteiger charge is 2.21. The average Bonchev–Trinajstić information content (AvgIpc) is 3.24. The molecule has 1 unspecified atom stereocenters. The molecule has 0 bridgehead atoms. The molecule has 19 heavy (non-hydrogen) atoms. The molecule has 4 heteroatoms. The second kappa shape index (κ2) is 9.70. The molecule has 0 aliphatic heterocycles. The van der Waals surface area contributed by atoms with Crippen LogP contribution in [0.1, 0.15) is 40.0 Å². The van der Waals surface area contributed by atoms with Crippen molar-refractivity contribution in [2.45, 2.75) is 52.2 Å². The van der Waals surface area contributed by atoms with Crippen molar-refractivity contribution in [1.82, 2.24) is 15.1 Å². The van der Waals surface area contributed by atoms with Crippen LogP contribution >= 0.6 is 0 Å². The number of hydrogen-bond acceptors (Lipinski definition) is 4. The monoisotopic (exact) mass is 271 g/mol.